The molecule has 86 valence electrons. The molecule has 0 aromatic carbocycles. The normalized spacial score (nSPS) is 12.1. The molecular weight excluding hydrogens is 295 g/mol. The van der Waals surface area contributed by atoms with Crippen molar-refractivity contribution in [2.75, 3.05) is 0 Å². The Morgan fingerprint density at radius 2 is 2.18 bits per heavy atom. The molecule has 0 atom stereocenters. The fourth-order valence-electron chi connectivity index (χ4n) is 1.33. The summed E-state index contributed by atoms with van der Waals surface area (Å²) in [4.78, 5) is 0.823. The smallest absolute Gasteiger partial charge is 0.104 e. The Balaban J connectivity index is 2.58. The van der Waals surface area contributed by atoms with Crippen LogP contribution in [-0.4, -0.2) is 0 Å². The van der Waals surface area contributed by atoms with E-state index in [9.17, 15) is 5.26 Å². The average Bonchev–Trinajstić information content (AvgIpc) is 2.89. The van der Waals surface area contributed by atoms with Crippen LogP contribution in [0, 0.1) is 11.3 Å². The van der Waals surface area contributed by atoms with E-state index in [0.717, 1.165) is 4.88 Å². The maximum atomic E-state index is 9.17. The molecule has 17 heavy (non-hydrogen) atoms. The number of nitrogens with zero attached hydrogens (tertiary/aromatic N) is 1. The molecule has 2 N–H and O–H groups in total. The SMILES string of the molecule is N#C/C(=C(/N)c1cc(Cl)sc1Cl)c1cccs1. The van der Waals surface area contributed by atoms with Gasteiger partial charge in [-0.15, -0.1) is 22.7 Å². The van der Waals surface area contributed by atoms with Crippen molar-refractivity contribution < 1.29 is 0 Å². The zero-order valence-corrected chi connectivity index (χ0v) is 11.6. The summed E-state index contributed by atoms with van der Waals surface area (Å²) in [7, 11) is 0. The molecule has 0 bridgehead atoms. The minimum absolute atomic E-state index is 0.364. The molecule has 0 amide bonds. The van der Waals surface area contributed by atoms with Crippen LogP contribution >= 0.6 is 45.9 Å². The van der Waals surface area contributed by atoms with Crippen molar-refractivity contribution in [2.24, 2.45) is 5.73 Å². The number of halogens is 2. The van der Waals surface area contributed by atoms with E-state index < -0.39 is 0 Å². The van der Waals surface area contributed by atoms with Gasteiger partial charge < -0.3 is 5.73 Å². The van der Waals surface area contributed by atoms with Crippen LogP contribution in [0.4, 0.5) is 0 Å². The van der Waals surface area contributed by atoms with Gasteiger partial charge in [0.25, 0.3) is 0 Å². The van der Waals surface area contributed by atoms with Gasteiger partial charge in [0.05, 0.1) is 15.6 Å². The molecule has 2 aromatic rings. The summed E-state index contributed by atoms with van der Waals surface area (Å²) in [6.45, 7) is 0. The molecule has 0 unspecified atom stereocenters. The maximum absolute atomic E-state index is 9.17. The monoisotopic (exact) mass is 300 g/mol. The molecule has 0 aliphatic heterocycles. The van der Waals surface area contributed by atoms with E-state index in [1.807, 2.05) is 17.5 Å². The first kappa shape index (κ1) is 12.5. The number of nitriles is 1. The Morgan fingerprint density at radius 3 is 2.65 bits per heavy atom. The van der Waals surface area contributed by atoms with Crippen LogP contribution in [0.5, 0.6) is 0 Å². The molecular formula is C11H6Cl2N2S2. The Labute approximate surface area is 117 Å². The van der Waals surface area contributed by atoms with E-state index in [1.54, 1.807) is 6.07 Å². The predicted octanol–water partition coefficient (Wildman–Crippen LogP) is 4.47. The standard InChI is InChI=1S/C11H6Cl2N2S2/c12-9-4-6(11(13)17-9)10(15)7(5-14)8-2-1-3-16-8/h1-4H,15H2/b10-7-. The van der Waals surface area contributed by atoms with Gasteiger partial charge in [0, 0.05) is 10.4 Å². The van der Waals surface area contributed by atoms with Gasteiger partial charge >= 0.3 is 0 Å². The molecule has 6 heteroatoms. The van der Waals surface area contributed by atoms with Crippen molar-refractivity contribution >= 4 is 57.1 Å². The molecule has 2 nitrogen and oxygen atoms in total. The number of rotatable bonds is 2. The molecule has 0 fully saturated rings. The Kier molecular flexibility index (Phi) is 3.75. The molecule has 0 aliphatic rings. The molecule has 0 radical (unpaired) electrons. The van der Waals surface area contributed by atoms with Crippen molar-refractivity contribution in [2.45, 2.75) is 0 Å². The van der Waals surface area contributed by atoms with E-state index in [2.05, 4.69) is 6.07 Å². The van der Waals surface area contributed by atoms with Gasteiger partial charge in [-0.2, -0.15) is 5.26 Å². The summed E-state index contributed by atoms with van der Waals surface area (Å²) in [6.07, 6.45) is 0. The second-order valence-corrected chi connectivity index (χ2v) is 6.35. The van der Waals surface area contributed by atoms with Gasteiger partial charge in [0.15, 0.2) is 0 Å². The van der Waals surface area contributed by atoms with Crippen LogP contribution in [0.25, 0.3) is 11.3 Å². The van der Waals surface area contributed by atoms with Crippen LogP contribution in [0.2, 0.25) is 8.67 Å². The lowest BCUT2D eigenvalue weighted by molar-refractivity contribution is 1.51. The van der Waals surface area contributed by atoms with Crippen LogP contribution in [-0.2, 0) is 0 Å². The average molecular weight is 301 g/mol. The molecule has 0 saturated heterocycles. The largest absolute Gasteiger partial charge is 0.397 e. The fraction of sp³-hybridized carbons (Fsp3) is 0. The van der Waals surface area contributed by atoms with Gasteiger partial charge in [0.2, 0.25) is 0 Å². The zero-order valence-electron chi connectivity index (χ0n) is 8.41. The van der Waals surface area contributed by atoms with Gasteiger partial charge in [-0.3, -0.25) is 0 Å². The van der Waals surface area contributed by atoms with E-state index in [4.69, 9.17) is 28.9 Å². The highest BCUT2D eigenvalue weighted by molar-refractivity contribution is 7.20. The molecule has 2 rings (SSSR count). The lowest BCUT2D eigenvalue weighted by atomic mass is 10.1. The maximum Gasteiger partial charge on any atom is 0.104 e. The summed E-state index contributed by atoms with van der Waals surface area (Å²) in [5.41, 5.74) is 7.39. The number of nitrogens with two attached hydrogens (primary N) is 1. The zero-order chi connectivity index (χ0) is 12.4. The molecule has 0 aliphatic carbocycles. The quantitative estimate of drug-likeness (QED) is 0.832. The minimum Gasteiger partial charge on any atom is -0.397 e. The molecule has 0 spiro atoms. The number of thiophene rings is 2. The van der Waals surface area contributed by atoms with E-state index >= 15 is 0 Å². The van der Waals surface area contributed by atoms with Crippen molar-refractivity contribution in [1.29, 1.82) is 5.26 Å². The summed E-state index contributed by atoms with van der Waals surface area (Å²) < 4.78 is 1.05. The van der Waals surface area contributed by atoms with Crippen LogP contribution in [0.15, 0.2) is 23.6 Å². The number of hydrogen-bond acceptors (Lipinski definition) is 4. The van der Waals surface area contributed by atoms with Crippen molar-refractivity contribution in [3.8, 4) is 6.07 Å². The fourth-order valence-corrected chi connectivity index (χ4v) is 3.55. The highest BCUT2D eigenvalue weighted by Crippen LogP contribution is 2.36. The highest BCUT2D eigenvalue weighted by Gasteiger charge is 2.14. The van der Waals surface area contributed by atoms with E-state index in [0.29, 0.717) is 25.5 Å². The van der Waals surface area contributed by atoms with Gasteiger partial charge in [-0.25, -0.2) is 0 Å². The topological polar surface area (TPSA) is 49.8 Å². The molecule has 2 aromatic heterocycles. The summed E-state index contributed by atoms with van der Waals surface area (Å²) in [5, 5.41) is 11.1. The van der Waals surface area contributed by atoms with E-state index in [-0.39, 0.29) is 0 Å². The Morgan fingerprint density at radius 1 is 1.41 bits per heavy atom. The van der Waals surface area contributed by atoms with Crippen LogP contribution < -0.4 is 5.73 Å². The van der Waals surface area contributed by atoms with Gasteiger partial charge in [0.1, 0.15) is 10.4 Å². The lowest BCUT2D eigenvalue weighted by Gasteiger charge is -2.02. The summed E-state index contributed by atoms with van der Waals surface area (Å²) >= 11 is 14.6. The van der Waals surface area contributed by atoms with Gasteiger partial charge in [-0.1, -0.05) is 29.3 Å². The Hall–Kier alpha value is -0.990. The van der Waals surface area contributed by atoms with Crippen molar-refractivity contribution in [3.63, 3.8) is 0 Å². The lowest BCUT2D eigenvalue weighted by Crippen LogP contribution is -1.98. The second-order valence-electron chi connectivity index (χ2n) is 3.12. The highest BCUT2D eigenvalue weighted by atomic mass is 35.5. The summed E-state index contributed by atoms with van der Waals surface area (Å²) in [6, 6.07) is 7.50. The third-order valence-corrected chi connectivity index (χ3v) is 4.47. The molecule has 0 saturated carbocycles. The third kappa shape index (κ3) is 2.48. The third-order valence-electron chi connectivity index (χ3n) is 2.10. The minimum atomic E-state index is 0.364. The number of allylic oxidation sites excluding steroid dienone is 1. The molecule has 2 heterocycles. The van der Waals surface area contributed by atoms with E-state index in [1.165, 1.54) is 22.7 Å². The van der Waals surface area contributed by atoms with Crippen molar-refractivity contribution in [1.82, 2.24) is 0 Å². The van der Waals surface area contributed by atoms with Gasteiger partial charge in [-0.05, 0) is 17.5 Å². The van der Waals surface area contributed by atoms with Crippen LogP contribution in [0.3, 0.4) is 0 Å². The summed E-state index contributed by atoms with van der Waals surface area (Å²) in [5.74, 6) is 0. The van der Waals surface area contributed by atoms with Crippen molar-refractivity contribution in [3.05, 3.63) is 42.7 Å². The second kappa shape index (κ2) is 5.11. The van der Waals surface area contributed by atoms with Crippen LogP contribution in [0.1, 0.15) is 10.4 Å². The number of hydrogen-bond donors (Lipinski definition) is 1. The first-order chi connectivity index (χ1) is 8.13. The predicted molar refractivity (Wildman–Crippen MR) is 75.3 cm³/mol. The Bertz CT molecular complexity index is 606. The first-order valence-corrected chi connectivity index (χ1v) is 6.97. The first-order valence-electron chi connectivity index (χ1n) is 4.52.